The molecule has 0 fully saturated rings. The number of hydrogen-bond acceptors (Lipinski definition) is 6. The maximum absolute atomic E-state index is 12.9. The van der Waals surface area contributed by atoms with Crippen molar-refractivity contribution in [1.29, 1.82) is 0 Å². The van der Waals surface area contributed by atoms with Crippen LogP contribution in [-0.4, -0.2) is 11.0 Å². The molecule has 0 bridgehead atoms. The number of hydrogen-bond donors (Lipinski definition) is 1. The molecule has 134 valence electrons. The van der Waals surface area contributed by atoms with E-state index in [0.29, 0.717) is 22.7 Å². The number of esters is 1. The third-order valence-corrected chi connectivity index (χ3v) is 4.90. The number of carbonyl (C=O) groups excluding carboxylic acids is 1. The van der Waals surface area contributed by atoms with E-state index < -0.39 is 5.97 Å². The van der Waals surface area contributed by atoms with Gasteiger partial charge in [0.2, 0.25) is 0 Å². The standard InChI is InChI=1S/C18H14FIN2O3S/c19-11-1-4-14(5-2-11)24-9-17-22-13(10-26-17)8-25-18(23)15-7-12(20)3-6-16(15)21/h1-7,10H,8-9,21H2. The Bertz CT molecular complexity index is 915. The van der Waals surface area contributed by atoms with Gasteiger partial charge in [-0.05, 0) is 65.1 Å². The summed E-state index contributed by atoms with van der Waals surface area (Å²) in [6, 6.07) is 10.9. The van der Waals surface area contributed by atoms with E-state index in [4.69, 9.17) is 15.2 Å². The Morgan fingerprint density at radius 2 is 1.96 bits per heavy atom. The van der Waals surface area contributed by atoms with E-state index in [-0.39, 0.29) is 19.0 Å². The molecule has 0 amide bonds. The van der Waals surface area contributed by atoms with Crippen molar-refractivity contribution in [2.24, 2.45) is 0 Å². The summed E-state index contributed by atoms with van der Waals surface area (Å²) in [7, 11) is 0. The summed E-state index contributed by atoms with van der Waals surface area (Å²) in [5, 5.41) is 2.53. The van der Waals surface area contributed by atoms with Gasteiger partial charge in [-0.3, -0.25) is 0 Å². The van der Waals surface area contributed by atoms with Crippen molar-refractivity contribution in [1.82, 2.24) is 4.98 Å². The van der Waals surface area contributed by atoms with E-state index in [2.05, 4.69) is 27.6 Å². The molecule has 3 rings (SSSR count). The second-order valence-corrected chi connectivity index (χ2v) is 7.47. The second kappa shape index (κ2) is 8.45. The van der Waals surface area contributed by atoms with Gasteiger partial charge in [-0.1, -0.05) is 0 Å². The molecular formula is C18H14FIN2O3S. The number of aromatic nitrogens is 1. The lowest BCUT2D eigenvalue weighted by atomic mass is 10.2. The maximum Gasteiger partial charge on any atom is 0.340 e. The van der Waals surface area contributed by atoms with Crippen molar-refractivity contribution in [2.75, 3.05) is 5.73 Å². The second-order valence-electron chi connectivity index (χ2n) is 5.28. The lowest BCUT2D eigenvalue weighted by molar-refractivity contribution is 0.0469. The number of rotatable bonds is 6. The summed E-state index contributed by atoms with van der Waals surface area (Å²) in [6.07, 6.45) is 0. The number of halogens is 2. The van der Waals surface area contributed by atoms with Crippen LogP contribution >= 0.6 is 33.9 Å². The fourth-order valence-electron chi connectivity index (χ4n) is 2.08. The minimum Gasteiger partial charge on any atom is -0.486 e. The van der Waals surface area contributed by atoms with Gasteiger partial charge in [0.25, 0.3) is 0 Å². The highest BCUT2D eigenvalue weighted by molar-refractivity contribution is 14.1. The molecule has 0 aliphatic carbocycles. The summed E-state index contributed by atoms with van der Waals surface area (Å²) in [4.78, 5) is 16.5. The van der Waals surface area contributed by atoms with E-state index in [9.17, 15) is 9.18 Å². The van der Waals surface area contributed by atoms with Crippen LogP contribution < -0.4 is 10.5 Å². The monoisotopic (exact) mass is 484 g/mol. The molecule has 0 saturated heterocycles. The summed E-state index contributed by atoms with van der Waals surface area (Å²) < 4.78 is 24.6. The Morgan fingerprint density at radius 3 is 2.73 bits per heavy atom. The topological polar surface area (TPSA) is 74.4 Å². The number of nitrogens with zero attached hydrogens (tertiary/aromatic N) is 1. The molecule has 2 N–H and O–H groups in total. The molecule has 3 aromatic rings. The minimum atomic E-state index is -0.488. The molecule has 1 aromatic heterocycles. The Balaban J connectivity index is 1.54. The molecule has 0 aliphatic rings. The number of nitrogens with two attached hydrogens (primary N) is 1. The summed E-state index contributed by atoms with van der Waals surface area (Å²) in [6.45, 7) is 0.310. The quantitative estimate of drug-likeness (QED) is 0.319. The van der Waals surface area contributed by atoms with Gasteiger partial charge in [-0.25, -0.2) is 14.2 Å². The first kappa shape index (κ1) is 18.6. The fourth-order valence-corrected chi connectivity index (χ4v) is 3.26. The Morgan fingerprint density at radius 1 is 1.19 bits per heavy atom. The average Bonchev–Trinajstić information content (AvgIpc) is 3.09. The van der Waals surface area contributed by atoms with Crippen molar-refractivity contribution in [3.8, 4) is 5.75 Å². The van der Waals surface area contributed by atoms with Crippen LogP contribution in [0.3, 0.4) is 0 Å². The van der Waals surface area contributed by atoms with Crippen LogP contribution in [-0.2, 0) is 18.0 Å². The zero-order chi connectivity index (χ0) is 18.5. The van der Waals surface area contributed by atoms with Gasteiger partial charge in [-0.2, -0.15) is 0 Å². The maximum atomic E-state index is 12.9. The molecule has 26 heavy (non-hydrogen) atoms. The molecule has 2 aromatic carbocycles. The zero-order valence-corrected chi connectivity index (χ0v) is 16.4. The number of ether oxygens (including phenoxy) is 2. The molecule has 8 heteroatoms. The normalized spacial score (nSPS) is 10.5. The van der Waals surface area contributed by atoms with Gasteiger partial charge >= 0.3 is 5.97 Å². The SMILES string of the molecule is Nc1ccc(I)cc1C(=O)OCc1csc(COc2ccc(F)cc2)n1. The highest BCUT2D eigenvalue weighted by atomic mass is 127. The minimum absolute atomic E-state index is 0.0524. The molecule has 0 spiro atoms. The van der Waals surface area contributed by atoms with Gasteiger partial charge in [0, 0.05) is 14.6 Å². The molecule has 0 atom stereocenters. The highest BCUT2D eigenvalue weighted by Crippen LogP contribution is 2.19. The van der Waals surface area contributed by atoms with Crippen molar-refractivity contribution in [3.63, 3.8) is 0 Å². The predicted octanol–water partition coefficient (Wildman–Crippen LogP) is 4.41. The zero-order valence-electron chi connectivity index (χ0n) is 13.4. The van der Waals surface area contributed by atoms with Crippen LogP contribution in [0.4, 0.5) is 10.1 Å². The largest absolute Gasteiger partial charge is 0.486 e. The summed E-state index contributed by atoms with van der Waals surface area (Å²) in [5.41, 5.74) is 7.16. The van der Waals surface area contributed by atoms with Crippen molar-refractivity contribution in [3.05, 3.63) is 73.5 Å². The highest BCUT2D eigenvalue weighted by Gasteiger charge is 2.13. The molecule has 5 nitrogen and oxygen atoms in total. The first-order valence-electron chi connectivity index (χ1n) is 7.55. The number of carbonyl (C=O) groups is 1. The van der Waals surface area contributed by atoms with Crippen molar-refractivity contribution in [2.45, 2.75) is 13.2 Å². The molecule has 0 radical (unpaired) electrons. The average molecular weight is 484 g/mol. The molecule has 0 saturated carbocycles. The van der Waals surface area contributed by atoms with Gasteiger partial charge in [0.1, 0.15) is 29.8 Å². The van der Waals surface area contributed by atoms with Crippen LogP contribution in [0.1, 0.15) is 21.1 Å². The fraction of sp³-hybridized carbons (Fsp3) is 0.111. The van der Waals surface area contributed by atoms with E-state index in [1.54, 1.807) is 29.6 Å². The number of benzene rings is 2. The van der Waals surface area contributed by atoms with Crippen LogP contribution in [0.5, 0.6) is 5.75 Å². The van der Waals surface area contributed by atoms with E-state index in [1.807, 2.05) is 6.07 Å². The third kappa shape index (κ3) is 4.92. The lowest BCUT2D eigenvalue weighted by Crippen LogP contribution is -2.09. The van der Waals surface area contributed by atoms with Crippen LogP contribution in [0, 0.1) is 9.39 Å². The van der Waals surface area contributed by atoms with Gasteiger partial charge in [-0.15, -0.1) is 11.3 Å². The Labute approximate surface area is 167 Å². The Kier molecular flexibility index (Phi) is 6.04. The van der Waals surface area contributed by atoms with Crippen LogP contribution in [0.25, 0.3) is 0 Å². The molecule has 0 unspecified atom stereocenters. The van der Waals surface area contributed by atoms with Crippen LogP contribution in [0.15, 0.2) is 47.8 Å². The summed E-state index contributed by atoms with van der Waals surface area (Å²) in [5.74, 6) is -0.244. The van der Waals surface area contributed by atoms with E-state index >= 15 is 0 Å². The van der Waals surface area contributed by atoms with Crippen LogP contribution in [0.2, 0.25) is 0 Å². The third-order valence-electron chi connectivity index (χ3n) is 3.36. The van der Waals surface area contributed by atoms with Crippen molar-refractivity contribution < 1.29 is 18.7 Å². The van der Waals surface area contributed by atoms with E-state index in [0.717, 1.165) is 8.58 Å². The lowest BCUT2D eigenvalue weighted by Gasteiger charge is -2.06. The predicted molar refractivity (Wildman–Crippen MR) is 106 cm³/mol. The number of nitrogen functional groups attached to an aromatic ring is 1. The summed E-state index contributed by atoms with van der Waals surface area (Å²) >= 11 is 3.50. The molecule has 1 heterocycles. The van der Waals surface area contributed by atoms with Gasteiger partial charge in [0.15, 0.2) is 0 Å². The Hall–Kier alpha value is -2.20. The smallest absolute Gasteiger partial charge is 0.340 e. The van der Waals surface area contributed by atoms with Gasteiger partial charge in [0.05, 0.1) is 11.3 Å². The van der Waals surface area contributed by atoms with Gasteiger partial charge < -0.3 is 15.2 Å². The number of thiazole rings is 1. The first-order chi connectivity index (χ1) is 12.5. The number of anilines is 1. The molecule has 0 aliphatic heterocycles. The van der Waals surface area contributed by atoms with E-state index in [1.165, 1.54) is 23.5 Å². The first-order valence-corrected chi connectivity index (χ1v) is 9.51. The molecular weight excluding hydrogens is 470 g/mol. The van der Waals surface area contributed by atoms with Crippen molar-refractivity contribution >= 4 is 45.6 Å².